The lowest BCUT2D eigenvalue weighted by molar-refractivity contribution is -0.119. The molecule has 1 saturated heterocycles. The van der Waals surface area contributed by atoms with Crippen molar-refractivity contribution in [1.29, 1.82) is 0 Å². The Morgan fingerprint density at radius 1 is 1.53 bits per heavy atom. The van der Waals surface area contributed by atoms with E-state index >= 15 is 0 Å². The summed E-state index contributed by atoms with van der Waals surface area (Å²) in [5.41, 5.74) is 2.27. The van der Waals surface area contributed by atoms with Gasteiger partial charge in [0.25, 0.3) is 0 Å². The van der Waals surface area contributed by atoms with Crippen molar-refractivity contribution in [2.24, 2.45) is 0 Å². The van der Waals surface area contributed by atoms with Crippen LogP contribution < -0.4 is 10.6 Å². The lowest BCUT2D eigenvalue weighted by Gasteiger charge is -2.12. The standard InChI is InChI=1S/C13H17ClN2O/c1-9-2-3-10(12(14)6-9)7-15-8-11-4-5-13(17)16-11/h2-3,6,11,15H,4-5,7-8H2,1H3,(H,16,17). The smallest absolute Gasteiger partial charge is 0.220 e. The van der Waals surface area contributed by atoms with Gasteiger partial charge in [0.1, 0.15) is 0 Å². The van der Waals surface area contributed by atoms with E-state index in [0.717, 1.165) is 30.1 Å². The molecule has 1 aromatic rings. The molecule has 0 saturated carbocycles. The van der Waals surface area contributed by atoms with Gasteiger partial charge in [0.05, 0.1) is 0 Å². The molecule has 0 radical (unpaired) electrons. The van der Waals surface area contributed by atoms with Crippen LogP contribution in [0.4, 0.5) is 0 Å². The summed E-state index contributed by atoms with van der Waals surface area (Å²) < 4.78 is 0. The maximum atomic E-state index is 11.0. The number of carbonyl (C=O) groups is 1. The minimum Gasteiger partial charge on any atom is -0.352 e. The first-order valence-electron chi connectivity index (χ1n) is 5.90. The average molecular weight is 253 g/mol. The number of rotatable bonds is 4. The second kappa shape index (κ2) is 5.52. The maximum Gasteiger partial charge on any atom is 0.220 e. The van der Waals surface area contributed by atoms with Gasteiger partial charge in [-0.1, -0.05) is 23.7 Å². The Hall–Kier alpha value is -1.06. The third-order valence-electron chi connectivity index (χ3n) is 3.00. The molecule has 3 nitrogen and oxygen atoms in total. The van der Waals surface area contributed by atoms with Crippen molar-refractivity contribution in [3.8, 4) is 0 Å². The second-order valence-corrected chi connectivity index (χ2v) is 4.94. The first kappa shape index (κ1) is 12.4. The predicted molar refractivity (Wildman–Crippen MR) is 69.1 cm³/mol. The fraction of sp³-hybridized carbons (Fsp3) is 0.462. The Bertz CT molecular complexity index is 420. The predicted octanol–water partition coefficient (Wildman–Crippen LogP) is 2.02. The van der Waals surface area contributed by atoms with E-state index in [2.05, 4.69) is 16.7 Å². The lowest BCUT2D eigenvalue weighted by atomic mass is 10.1. The molecule has 2 rings (SSSR count). The quantitative estimate of drug-likeness (QED) is 0.861. The minimum absolute atomic E-state index is 0.158. The molecule has 0 aliphatic carbocycles. The minimum atomic E-state index is 0.158. The van der Waals surface area contributed by atoms with Crippen molar-refractivity contribution >= 4 is 17.5 Å². The highest BCUT2D eigenvalue weighted by atomic mass is 35.5. The zero-order valence-electron chi connectivity index (χ0n) is 9.92. The van der Waals surface area contributed by atoms with Gasteiger partial charge in [-0.25, -0.2) is 0 Å². The molecule has 92 valence electrons. The van der Waals surface area contributed by atoms with Gasteiger partial charge in [0, 0.05) is 30.6 Å². The van der Waals surface area contributed by atoms with Crippen LogP contribution in [0.3, 0.4) is 0 Å². The van der Waals surface area contributed by atoms with Gasteiger partial charge >= 0.3 is 0 Å². The molecule has 1 amide bonds. The van der Waals surface area contributed by atoms with E-state index in [1.807, 2.05) is 19.1 Å². The Labute approximate surface area is 107 Å². The molecule has 1 fully saturated rings. The van der Waals surface area contributed by atoms with E-state index in [1.165, 1.54) is 5.56 Å². The third kappa shape index (κ3) is 3.45. The molecule has 1 aromatic carbocycles. The molecule has 2 N–H and O–H groups in total. The molecule has 0 aromatic heterocycles. The number of halogens is 1. The van der Waals surface area contributed by atoms with E-state index in [9.17, 15) is 4.79 Å². The van der Waals surface area contributed by atoms with Crippen molar-refractivity contribution in [3.63, 3.8) is 0 Å². The molecular weight excluding hydrogens is 236 g/mol. The topological polar surface area (TPSA) is 41.1 Å². The van der Waals surface area contributed by atoms with Crippen LogP contribution in [-0.4, -0.2) is 18.5 Å². The SMILES string of the molecule is Cc1ccc(CNCC2CCC(=O)N2)c(Cl)c1. The average Bonchev–Trinajstić information content (AvgIpc) is 2.68. The first-order chi connectivity index (χ1) is 8.15. The fourth-order valence-electron chi connectivity index (χ4n) is 2.01. The van der Waals surface area contributed by atoms with Crippen LogP contribution in [-0.2, 0) is 11.3 Å². The van der Waals surface area contributed by atoms with Crippen molar-refractivity contribution in [2.75, 3.05) is 6.54 Å². The largest absolute Gasteiger partial charge is 0.352 e. The monoisotopic (exact) mass is 252 g/mol. The Kier molecular flexibility index (Phi) is 4.02. The van der Waals surface area contributed by atoms with E-state index in [1.54, 1.807) is 0 Å². The van der Waals surface area contributed by atoms with Crippen LogP contribution in [0.25, 0.3) is 0 Å². The van der Waals surface area contributed by atoms with Crippen molar-refractivity contribution in [3.05, 3.63) is 34.3 Å². The van der Waals surface area contributed by atoms with Gasteiger partial charge in [-0.2, -0.15) is 0 Å². The van der Waals surface area contributed by atoms with Crippen LogP contribution in [0.1, 0.15) is 24.0 Å². The second-order valence-electron chi connectivity index (χ2n) is 4.53. The number of aryl methyl sites for hydroxylation is 1. The number of carbonyl (C=O) groups excluding carboxylic acids is 1. The van der Waals surface area contributed by atoms with Crippen LogP contribution in [0, 0.1) is 6.92 Å². The summed E-state index contributed by atoms with van der Waals surface area (Å²) in [4.78, 5) is 11.0. The number of amides is 1. The Morgan fingerprint density at radius 2 is 2.35 bits per heavy atom. The van der Waals surface area contributed by atoms with E-state index in [4.69, 9.17) is 11.6 Å². The number of hydrogen-bond acceptors (Lipinski definition) is 2. The molecule has 17 heavy (non-hydrogen) atoms. The summed E-state index contributed by atoms with van der Waals surface area (Å²) in [6.07, 6.45) is 1.57. The summed E-state index contributed by atoms with van der Waals surface area (Å²) in [6.45, 7) is 3.57. The van der Waals surface area contributed by atoms with Gasteiger partial charge in [0.2, 0.25) is 5.91 Å². The highest BCUT2D eigenvalue weighted by molar-refractivity contribution is 6.31. The molecule has 0 spiro atoms. The molecule has 1 unspecified atom stereocenters. The molecule has 0 bridgehead atoms. The van der Waals surface area contributed by atoms with E-state index in [0.29, 0.717) is 6.42 Å². The zero-order chi connectivity index (χ0) is 12.3. The number of benzene rings is 1. The van der Waals surface area contributed by atoms with Crippen LogP contribution in [0.2, 0.25) is 5.02 Å². The van der Waals surface area contributed by atoms with E-state index < -0.39 is 0 Å². The van der Waals surface area contributed by atoms with Crippen molar-refractivity contribution < 1.29 is 4.79 Å². The highest BCUT2D eigenvalue weighted by Gasteiger charge is 2.19. The number of hydrogen-bond donors (Lipinski definition) is 2. The molecule has 1 aliphatic rings. The van der Waals surface area contributed by atoms with Crippen LogP contribution in [0.15, 0.2) is 18.2 Å². The molecular formula is C13H17ClN2O. The van der Waals surface area contributed by atoms with E-state index in [-0.39, 0.29) is 11.9 Å². The molecule has 1 atom stereocenters. The van der Waals surface area contributed by atoms with Gasteiger partial charge in [-0.3, -0.25) is 4.79 Å². The Morgan fingerprint density at radius 3 is 3.00 bits per heavy atom. The molecule has 1 aliphatic heterocycles. The summed E-state index contributed by atoms with van der Waals surface area (Å²) in [7, 11) is 0. The van der Waals surface area contributed by atoms with Crippen molar-refractivity contribution in [1.82, 2.24) is 10.6 Å². The van der Waals surface area contributed by atoms with Gasteiger partial charge in [0.15, 0.2) is 0 Å². The van der Waals surface area contributed by atoms with Crippen LogP contribution in [0.5, 0.6) is 0 Å². The highest BCUT2D eigenvalue weighted by Crippen LogP contribution is 2.17. The van der Waals surface area contributed by atoms with Crippen molar-refractivity contribution in [2.45, 2.75) is 32.4 Å². The molecule has 1 heterocycles. The zero-order valence-corrected chi connectivity index (χ0v) is 10.7. The first-order valence-corrected chi connectivity index (χ1v) is 6.28. The summed E-state index contributed by atoms with van der Waals surface area (Å²) in [5, 5.41) is 7.05. The fourth-order valence-corrected chi connectivity index (χ4v) is 2.31. The van der Waals surface area contributed by atoms with Gasteiger partial charge < -0.3 is 10.6 Å². The Balaban J connectivity index is 1.80. The summed E-state index contributed by atoms with van der Waals surface area (Å²) in [5.74, 6) is 0.158. The number of nitrogens with one attached hydrogen (secondary N) is 2. The van der Waals surface area contributed by atoms with Gasteiger partial charge in [-0.15, -0.1) is 0 Å². The molecule has 4 heteroatoms. The van der Waals surface area contributed by atoms with Gasteiger partial charge in [-0.05, 0) is 30.5 Å². The summed E-state index contributed by atoms with van der Waals surface area (Å²) in [6, 6.07) is 6.33. The summed E-state index contributed by atoms with van der Waals surface area (Å²) >= 11 is 6.14. The normalized spacial score (nSPS) is 19.4. The third-order valence-corrected chi connectivity index (χ3v) is 3.35. The maximum absolute atomic E-state index is 11.0. The van der Waals surface area contributed by atoms with Crippen LogP contribution >= 0.6 is 11.6 Å². The lowest BCUT2D eigenvalue weighted by Crippen LogP contribution is -2.35.